The number of rotatable bonds is 4. The summed E-state index contributed by atoms with van der Waals surface area (Å²) in [6.07, 6.45) is -2.03. The molecule has 0 saturated carbocycles. The van der Waals surface area contributed by atoms with Gasteiger partial charge in [0.05, 0.1) is 10.7 Å². The largest absolute Gasteiger partial charge is 0.445 e. The highest BCUT2D eigenvalue weighted by Gasteiger charge is 2.36. The summed E-state index contributed by atoms with van der Waals surface area (Å²) >= 11 is 12.5. The number of benzene rings is 1. The number of carbonyl (C=O) groups is 1. The van der Waals surface area contributed by atoms with Crippen molar-refractivity contribution in [3.8, 4) is 11.3 Å². The zero-order valence-electron chi connectivity index (χ0n) is 14.5. The molecule has 0 aliphatic rings. The van der Waals surface area contributed by atoms with Crippen LogP contribution in [0.5, 0.6) is 0 Å². The summed E-state index contributed by atoms with van der Waals surface area (Å²) in [6, 6.07) is 4.60. The number of hydrogen-bond acceptors (Lipinski definition) is 4. The van der Waals surface area contributed by atoms with Gasteiger partial charge in [-0.1, -0.05) is 34.5 Å². The summed E-state index contributed by atoms with van der Waals surface area (Å²) in [5.74, 6) is -0.399. The predicted octanol–water partition coefficient (Wildman–Crippen LogP) is 5.32. The number of carbonyl (C=O) groups excluding carboxylic acids is 1. The van der Waals surface area contributed by atoms with Gasteiger partial charge in [0.2, 0.25) is 15.9 Å². The van der Waals surface area contributed by atoms with E-state index in [0.29, 0.717) is 27.6 Å². The summed E-state index contributed by atoms with van der Waals surface area (Å²) in [5.41, 5.74) is 0.953. The number of aromatic nitrogens is 3. The molecule has 0 atom stereocenters. The highest BCUT2D eigenvalue weighted by atomic mass is 35.5. The van der Waals surface area contributed by atoms with Crippen molar-refractivity contribution >= 4 is 51.5 Å². The van der Waals surface area contributed by atoms with E-state index in [4.69, 9.17) is 23.2 Å². The first kappa shape index (κ1) is 20.6. The van der Waals surface area contributed by atoms with E-state index in [2.05, 4.69) is 15.4 Å². The van der Waals surface area contributed by atoms with Gasteiger partial charge < -0.3 is 5.32 Å². The smallest absolute Gasteiger partial charge is 0.350 e. The number of alkyl halides is 3. The van der Waals surface area contributed by atoms with E-state index in [-0.39, 0.29) is 21.7 Å². The maximum absolute atomic E-state index is 13.0. The van der Waals surface area contributed by atoms with Gasteiger partial charge in [-0.25, -0.2) is 9.50 Å². The monoisotopic (exact) mass is 448 g/mol. The second-order valence-electron chi connectivity index (χ2n) is 6.07. The molecule has 11 heteroatoms. The third kappa shape index (κ3) is 4.31. The van der Waals surface area contributed by atoms with Gasteiger partial charge in [-0.15, -0.1) is 5.10 Å². The highest BCUT2D eigenvalue weighted by molar-refractivity contribution is 7.16. The molecule has 5 nitrogen and oxygen atoms in total. The van der Waals surface area contributed by atoms with Gasteiger partial charge in [-0.05, 0) is 38.1 Å². The van der Waals surface area contributed by atoms with E-state index in [1.165, 1.54) is 18.2 Å². The molecule has 0 radical (unpaired) electrons. The van der Waals surface area contributed by atoms with Crippen molar-refractivity contribution in [2.24, 2.45) is 0 Å². The quantitative estimate of drug-likeness (QED) is 0.549. The molecule has 1 N–H and O–H groups in total. The molecule has 1 aromatic carbocycles. The molecule has 0 aliphatic carbocycles. The van der Waals surface area contributed by atoms with Crippen molar-refractivity contribution in [3.05, 3.63) is 45.0 Å². The normalized spacial score (nSPS) is 12.4. The summed E-state index contributed by atoms with van der Waals surface area (Å²) < 4.78 is 40.1. The van der Waals surface area contributed by atoms with Gasteiger partial charge in [-0.3, -0.25) is 4.79 Å². The summed E-state index contributed by atoms with van der Waals surface area (Å²) in [7, 11) is 0. The Hall–Kier alpha value is -2.10. The molecule has 0 saturated heterocycles. The second-order valence-corrected chi connectivity index (χ2v) is 7.87. The van der Waals surface area contributed by atoms with Crippen LogP contribution in [0.1, 0.15) is 24.5 Å². The molecule has 3 rings (SSSR count). The molecular weight excluding hydrogens is 436 g/mol. The molecule has 148 valence electrons. The Morgan fingerprint density at radius 3 is 2.64 bits per heavy atom. The zero-order valence-corrected chi connectivity index (χ0v) is 16.8. The number of nitrogens with one attached hydrogen (secondary N) is 1. The number of hydrogen-bond donors (Lipinski definition) is 1. The lowest BCUT2D eigenvalue weighted by Crippen LogP contribution is -2.28. The molecule has 1 amide bonds. The third-order valence-electron chi connectivity index (χ3n) is 3.49. The topological polar surface area (TPSA) is 59.3 Å². The van der Waals surface area contributed by atoms with Crippen LogP contribution in [0.4, 0.5) is 13.2 Å². The first-order chi connectivity index (χ1) is 13.1. The van der Waals surface area contributed by atoms with Crippen molar-refractivity contribution in [2.75, 3.05) is 0 Å². The van der Waals surface area contributed by atoms with Crippen LogP contribution in [-0.2, 0) is 11.0 Å². The van der Waals surface area contributed by atoms with Crippen LogP contribution in [-0.4, -0.2) is 26.5 Å². The molecule has 28 heavy (non-hydrogen) atoms. The van der Waals surface area contributed by atoms with Crippen LogP contribution in [0.25, 0.3) is 22.3 Å². The minimum Gasteiger partial charge on any atom is -0.350 e. The first-order valence-corrected chi connectivity index (χ1v) is 9.54. The number of amides is 1. The molecule has 0 fully saturated rings. The van der Waals surface area contributed by atoms with Crippen molar-refractivity contribution in [3.63, 3.8) is 0 Å². The lowest BCUT2D eigenvalue weighted by Gasteiger charge is -2.05. The van der Waals surface area contributed by atoms with Crippen molar-refractivity contribution < 1.29 is 18.0 Å². The Kier molecular flexibility index (Phi) is 5.69. The fourth-order valence-corrected chi connectivity index (χ4v) is 3.67. The molecule has 0 aliphatic heterocycles. The van der Waals surface area contributed by atoms with Crippen LogP contribution in [0.3, 0.4) is 0 Å². The van der Waals surface area contributed by atoms with E-state index >= 15 is 0 Å². The fraction of sp³-hybridized carbons (Fsp3) is 0.235. The number of nitrogens with zero attached hydrogens (tertiary/aromatic N) is 3. The van der Waals surface area contributed by atoms with E-state index in [0.717, 1.165) is 4.52 Å². The lowest BCUT2D eigenvalue weighted by molar-refractivity contribution is -0.138. The minimum absolute atomic E-state index is 0.0252. The minimum atomic E-state index is -4.60. The third-order valence-corrected chi connectivity index (χ3v) is 4.99. The Balaban J connectivity index is 2.16. The van der Waals surface area contributed by atoms with Crippen LogP contribution in [0.2, 0.25) is 10.0 Å². The first-order valence-electron chi connectivity index (χ1n) is 7.97. The van der Waals surface area contributed by atoms with Gasteiger partial charge in [0, 0.05) is 22.7 Å². The molecule has 0 unspecified atom stereocenters. The van der Waals surface area contributed by atoms with Crippen LogP contribution in [0.15, 0.2) is 24.3 Å². The molecule has 0 bridgehead atoms. The Morgan fingerprint density at radius 1 is 1.32 bits per heavy atom. The van der Waals surface area contributed by atoms with Crippen molar-refractivity contribution in [1.29, 1.82) is 0 Å². The van der Waals surface area contributed by atoms with Crippen molar-refractivity contribution in [2.45, 2.75) is 26.1 Å². The van der Waals surface area contributed by atoms with Crippen molar-refractivity contribution in [1.82, 2.24) is 19.9 Å². The Bertz CT molecular complexity index is 1070. The lowest BCUT2D eigenvalue weighted by atomic mass is 10.1. The SMILES string of the molecule is CC(C)NC(=O)/C=C/c1c(-c2ccc(Cl)cc2Cl)nc2sc(C(F)(F)F)nn12. The van der Waals surface area contributed by atoms with E-state index in [1.54, 1.807) is 26.0 Å². The molecule has 3 aromatic rings. The van der Waals surface area contributed by atoms with E-state index in [9.17, 15) is 18.0 Å². The zero-order chi connectivity index (χ0) is 20.6. The Morgan fingerprint density at radius 2 is 2.04 bits per heavy atom. The molecule has 0 spiro atoms. The fourth-order valence-electron chi connectivity index (χ4n) is 2.40. The molecule has 2 aromatic heterocycles. The maximum Gasteiger partial charge on any atom is 0.445 e. The number of fused-ring (bicyclic) bond motifs is 1. The van der Waals surface area contributed by atoms with Crippen LogP contribution >= 0.6 is 34.5 Å². The summed E-state index contributed by atoms with van der Waals surface area (Å²) in [6.45, 7) is 3.58. The standard InChI is InChI=1S/C17H13Cl2F3N4OS/c1-8(2)23-13(27)6-5-12-14(10-4-3-9(18)7-11(10)19)24-16-26(12)25-15(28-16)17(20,21)22/h3-8H,1-2H3,(H,23,27)/b6-5+. The second kappa shape index (κ2) is 7.73. The van der Waals surface area contributed by atoms with Gasteiger partial charge in [-0.2, -0.15) is 13.2 Å². The highest BCUT2D eigenvalue weighted by Crippen LogP contribution is 2.37. The Labute approximate surface area is 171 Å². The molecular formula is C17H13Cl2F3N4OS. The average molecular weight is 449 g/mol. The van der Waals surface area contributed by atoms with E-state index < -0.39 is 17.1 Å². The molecule has 2 heterocycles. The van der Waals surface area contributed by atoms with Gasteiger partial charge >= 0.3 is 6.18 Å². The summed E-state index contributed by atoms with van der Waals surface area (Å²) in [4.78, 5) is 16.2. The predicted molar refractivity (Wildman–Crippen MR) is 104 cm³/mol. The summed E-state index contributed by atoms with van der Waals surface area (Å²) in [5, 5.41) is 5.92. The van der Waals surface area contributed by atoms with Crippen LogP contribution in [0, 0.1) is 0 Å². The maximum atomic E-state index is 13.0. The van der Waals surface area contributed by atoms with E-state index in [1.807, 2.05) is 0 Å². The van der Waals surface area contributed by atoms with Gasteiger partial charge in [0.1, 0.15) is 5.69 Å². The van der Waals surface area contributed by atoms with Crippen LogP contribution < -0.4 is 5.32 Å². The van der Waals surface area contributed by atoms with Gasteiger partial charge in [0.25, 0.3) is 0 Å². The average Bonchev–Trinajstić information content (AvgIpc) is 3.10. The number of halogens is 5. The van der Waals surface area contributed by atoms with Gasteiger partial charge in [0.15, 0.2) is 0 Å². The number of imidazole rings is 1.